The molecular formula is C34H37N3O9S. The number of esters is 3. The first-order valence-corrected chi connectivity index (χ1v) is 16.1. The Kier molecular flexibility index (Phi) is 11.0. The van der Waals surface area contributed by atoms with E-state index in [1.165, 1.54) is 39.5 Å². The van der Waals surface area contributed by atoms with E-state index in [1.54, 1.807) is 0 Å². The average Bonchev–Trinajstić information content (AvgIpc) is 3.37. The number of amides is 1. The Morgan fingerprint density at radius 1 is 0.872 bits per heavy atom. The van der Waals surface area contributed by atoms with Gasteiger partial charge in [0.1, 0.15) is 29.9 Å². The number of hydrogen-bond donors (Lipinski definition) is 1. The van der Waals surface area contributed by atoms with Crippen molar-refractivity contribution < 1.29 is 42.9 Å². The highest BCUT2D eigenvalue weighted by molar-refractivity contribution is 7.99. The Balaban J connectivity index is 1.41. The number of benzene rings is 3. The summed E-state index contributed by atoms with van der Waals surface area (Å²) in [5.74, 6) is -1.52. The Morgan fingerprint density at radius 2 is 1.57 bits per heavy atom. The predicted molar refractivity (Wildman–Crippen MR) is 174 cm³/mol. The quantitative estimate of drug-likeness (QED) is 0.131. The second kappa shape index (κ2) is 15.3. The van der Waals surface area contributed by atoms with E-state index in [2.05, 4.69) is 11.4 Å². The highest BCUT2D eigenvalue weighted by atomic mass is 32.2. The smallest absolute Gasteiger partial charge is 0.303 e. The molecule has 12 nitrogen and oxygen atoms in total. The number of imidazole rings is 1. The van der Waals surface area contributed by atoms with Gasteiger partial charge in [-0.1, -0.05) is 54.2 Å². The molecule has 0 aliphatic carbocycles. The molecule has 1 fully saturated rings. The lowest BCUT2D eigenvalue weighted by atomic mass is 9.97. The Labute approximate surface area is 276 Å². The first-order chi connectivity index (χ1) is 22.6. The number of nitrogens with zero attached hydrogens (tertiary/aromatic N) is 2. The van der Waals surface area contributed by atoms with Crippen molar-refractivity contribution in [2.75, 3.05) is 13.2 Å². The van der Waals surface area contributed by atoms with E-state index in [9.17, 15) is 19.2 Å². The molecule has 0 saturated carbocycles. The molecule has 3 aromatic carbocycles. The van der Waals surface area contributed by atoms with Crippen LogP contribution in [0.25, 0.3) is 21.8 Å². The highest BCUT2D eigenvalue weighted by Crippen LogP contribution is 2.37. The summed E-state index contributed by atoms with van der Waals surface area (Å²) in [5, 5.41) is 5.63. The molecule has 4 aromatic rings. The summed E-state index contributed by atoms with van der Waals surface area (Å²) < 4.78 is 30.9. The SMILES string of the molecule is CC(=O)N[C@@H]1[C@@H](OC(C)=O)[C@H](OC(C)=O)[C@@H](COC(C)=O)O[C@H]1Sc1nc2ccccc2n1CCCOc1ccc2ccccc2c1. The second-order valence-electron chi connectivity index (χ2n) is 11.1. The minimum Gasteiger partial charge on any atom is -0.494 e. The van der Waals surface area contributed by atoms with Gasteiger partial charge in [-0.15, -0.1) is 0 Å². The molecule has 47 heavy (non-hydrogen) atoms. The van der Waals surface area contributed by atoms with Crippen LogP contribution in [0.2, 0.25) is 0 Å². The van der Waals surface area contributed by atoms with Gasteiger partial charge in [-0.2, -0.15) is 0 Å². The maximum Gasteiger partial charge on any atom is 0.303 e. The molecule has 1 aliphatic rings. The number of rotatable bonds is 12. The van der Waals surface area contributed by atoms with Crippen molar-refractivity contribution in [3.05, 3.63) is 66.7 Å². The number of carbonyl (C=O) groups is 4. The summed E-state index contributed by atoms with van der Waals surface area (Å²) in [4.78, 5) is 53.4. The van der Waals surface area contributed by atoms with Crippen molar-refractivity contribution in [3.63, 3.8) is 0 Å². The third kappa shape index (κ3) is 8.60. The van der Waals surface area contributed by atoms with Crippen LogP contribution in [0.5, 0.6) is 5.75 Å². The Morgan fingerprint density at radius 3 is 2.30 bits per heavy atom. The highest BCUT2D eigenvalue weighted by Gasteiger charge is 2.51. The van der Waals surface area contributed by atoms with Crippen LogP contribution in [0.1, 0.15) is 34.1 Å². The normalized spacial score (nSPS) is 20.8. The molecule has 13 heteroatoms. The fourth-order valence-electron chi connectivity index (χ4n) is 5.52. The van der Waals surface area contributed by atoms with Crippen molar-refractivity contribution in [1.29, 1.82) is 0 Å². The maximum absolute atomic E-state index is 12.4. The summed E-state index contributed by atoms with van der Waals surface area (Å²) in [6.07, 6.45) is -2.68. The summed E-state index contributed by atoms with van der Waals surface area (Å²) >= 11 is 1.21. The van der Waals surface area contributed by atoms with Crippen molar-refractivity contribution in [2.24, 2.45) is 0 Å². The average molecular weight is 664 g/mol. The number of aromatic nitrogens is 2. The first-order valence-electron chi connectivity index (χ1n) is 15.2. The van der Waals surface area contributed by atoms with Gasteiger partial charge in [0.2, 0.25) is 5.91 Å². The molecule has 2 heterocycles. The van der Waals surface area contributed by atoms with E-state index in [0.29, 0.717) is 24.7 Å². The van der Waals surface area contributed by atoms with E-state index >= 15 is 0 Å². The largest absolute Gasteiger partial charge is 0.494 e. The van der Waals surface area contributed by atoms with Crippen LogP contribution in [0, 0.1) is 0 Å². The Hall–Kier alpha value is -4.62. The van der Waals surface area contributed by atoms with Crippen LogP contribution in [-0.2, 0) is 44.7 Å². The zero-order valence-electron chi connectivity index (χ0n) is 26.5. The number of carbonyl (C=O) groups excluding carboxylic acids is 4. The van der Waals surface area contributed by atoms with E-state index in [4.69, 9.17) is 28.7 Å². The minimum atomic E-state index is -1.17. The lowest BCUT2D eigenvalue weighted by Gasteiger charge is -2.44. The van der Waals surface area contributed by atoms with Gasteiger partial charge < -0.3 is 33.6 Å². The molecule has 1 N–H and O–H groups in total. The molecule has 1 amide bonds. The molecule has 0 spiro atoms. The zero-order valence-corrected chi connectivity index (χ0v) is 27.4. The summed E-state index contributed by atoms with van der Waals surface area (Å²) in [5.41, 5.74) is 0.751. The van der Waals surface area contributed by atoms with Crippen molar-refractivity contribution in [3.8, 4) is 5.75 Å². The molecule has 248 valence electrons. The molecule has 1 aromatic heterocycles. The number of para-hydroxylation sites is 2. The molecule has 1 aliphatic heterocycles. The molecule has 5 atom stereocenters. The third-order valence-corrected chi connectivity index (χ3v) is 8.59. The number of nitrogens with one attached hydrogen (secondary N) is 1. The topological polar surface area (TPSA) is 144 Å². The van der Waals surface area contributed by atoms with E-state index in [-0.39, 0.29) is 6.61 Å². The molecule has 0 radical (unpaired) electrons. The lowest BCUT2D eigenvalue weighted by Crippen LogP contribution is -2.65. The van der Waals surface area contributed by atoms with Crippen LogP contribution >= 0.6 is 11.8 Å². The van der Waals surface area contributed by atoms with Gasteiger partial charge in [0, 0.05) is 34.2 Å². The standard InChI is InChI=1S/C34H37N3O9S/c1-20(38)35-30-32(45-23(4)41)31(44-22(3)40)29(19-43-21(2)39)46-33(30)47-34-36-27-12-7-8-13-28(27)37(34)16-9-17-42-26-15-14-24-10-5-6-11-25(24)18-26/h5-8,10-15,18,29-33H,9,16-17,19H2,1-4H3,(H,35,38)/t29-,30-,31-,32-,33+/m1/s1. The third-order valence-electron chi connectivity index (χ3n) is 7.43. The number of ether oxygens (including phenoxy) is 5. The monoisotopic (exact) mass is 663 g/mol. The summed E-state index contributed by atoms with van der Waals surface area (Å²) in [6.45, 7) is 5.70. The molecule has 0 unspecified atom stereocenters. The van der Waals surface area contributed by atoms with Crippen LogP contribution in [0.4, 0.5) is 0 Å². The summed E-state index contributed by atoms with van der Waals surface area (Å²) in [7, 11) is 0. The van der Waals surface area contributed by atoms with Gasteiger partial charge in [-0.05, 0) is 41.5 Å². The van der Waals surface area contributed by atoms with Gasteiger partial charge in [-0.25, -0.2) is 4.98 Å². The van der Waals surface area contributed by atoms with Crippen LogP contribution in [0.3, 0.4) is 0 Å². The number of thioether (sulfide) groups is 1. The van der Waals surface area contributed by atoms with Gasteiger partial charge in [0.15, 0.2) is 17.4 Å². The molecule has 0 bridgehead atoms. The van der Waals surface area contributed by atoms with Gasteiger partial charge in [-0.3, -0.25) is 19.2 Å². The summed E-state index contributed by atoms with van der Waals surface area (Å²) in [6, 6.07) is 20.8. The lowest BCUT2D eigenvalue weighted by molar-refractivity contribution is -0.211. The van der Waals surface area contributed by atoms with Crippen molar-refractivity contribution in [1.82, 2.24) is 14.9 Å². The fraction of sp³-hybridized carbons (Fsp3) is 0.382. The van der Waals surface area contributed by atoms with Crippen LogP contribution < -0.4 is 10.1 Å². The van der Waals surface area contributed by atoms with Gasteiger partial charge >= 0.3 is 17.9 Å². The number of fused-ring (bicyclic) bond motifs is 2. The van der Waals surface area contributed by atoms with Crippen LogP contribution in [-0.4, -0.2) is 76.4 Å². The minimum absolute atomic E-state index is 0.280. The maximum atomic E-state index is 12.4. The van der Waals surface area contributed by atoms with Crippen LogP contribution in [0.15, 0.2) is 71.9 Å². The molecule has 5 rings (SSSR count). The predicted octanol–water partition coefficient (Wildman–Crippen LogP) is 4.41. The van der Waals surface area contributed by atoms with Crippen molar-refractivity contribution in [2.45, 2.75) is 75.6 Å². The number of hydrogen-bond acceptors (Lipinski definition) is 11. The zero-order chi connectivity index (χ0) is 33.5. The second-order valence-corrected chi connectivity index (χ2v) is 12.1. The van der Waals surface area contributed by atoms with E-state index in [0.717, 1.165) is 27.6 Å². The van der Waals surface area contributed by atoms with Gasteiger partial charge in [0.25, 0.3) is 0 Å². The molecule has 1 saturated heterocycles. The number of aryl methyl sites for hydroxylation is 1. The van der Waals surface area contributed by atoms with Crippen molar-refractivity contribution >= 4 is 57.4 Å². The first kappa shape index (κ1) is 33.7. The molecular weight excluding hydrogens is 626 g/mol. The van der Waals surface area contributed by atoms with Gasteiger partial charge in [0.05, 0.1) is 17.6 Å². The Bertz CT molecular complexity index is 1760. The van der Waals surface area contributed by atoms with E-state index < -0.39 is 53.6 Å². The fourth-order valence-corrected chi connectivity index (χ4v) is 6.77. The van der Waals surface area contributed by atoms with E-state index in [1.807, 2.05) is 65.2 Å².